The Morgan fingerprint density at radius 3 is 2.29 bits per heavy atom. The molecule has 3 rings (SSSR count). The summed E-state index contributed by atoms with van der Waals surface area (Å²) in [5.74, 6) is -0.00360. The first-order chi connectivity index (χ1) is 11.8. The smallest absolute Gasteiger partial charge is 0.340 e. The van der Waals surface area contributed by atoms with E-state index in [2.05, 4.69) is 9.97 Å². The predicted octanol–water partition coefficient (Wildman–Crippen LogP) is 3.43. The molecule has 0 aliphatic heterocycles. The van der Waals surface area contributed by atoms with Crippen LogP contribution in [0.15, 0.2) is 73.2 Å². The monoisotopic (exact) mass is 320 g/mol. The van der Waals surface area contributed by atoms with Gasteiger partial charge in [-0.15, -0.1) is 0 Å². The summed E-state index contributed by atoms with van der Waals surface area (Å²) < 4.78 is 10.7. The fraction of sp³-hybridized carbons (Fsp3) is 0.105. The van der Waals surface area contributed by atoms with E-state index in [-0.39, 0.29) is 0 Å². The molecule has 0 unspecified atom stereocenters. The van der Waals surface area contributed by atoms with E-state index in [9.17, 15) is 4.79 Å². The second-order valence-electron chi connectivity index (χ2n) is 5.07. The van der Waals surface area contributed by atoms with Crippen LogP contribution in [0.5, 0.6) is 5.88 Å². The lowest BCUT2D eigenvalue weighted by Crippen LogP contribution is -2.13. The number of benzene rings is 1. The molecule has 3 aromatic rings. The molecule has 0 aliphatic carbocycles. The largest absolute Gasteiger partial charge is 0.481 e. The average Bonchev–Trinajstić information content (AvgIpc) is 2.67. The third kappa shape index (κ3) is 3.57. The van der Waals surface area contributed by atoms with Gasteiger partial charge in [-0.25, -0.2) is 9.78 Å². The number of methoxy groups -OCH3 is 1. The van der Waals surface area contributed by atoms with E-state index in [1.54, 1.807) is 24.5 Å². The highest BCUT2D eigenvalue weighted by Crippen LogP contribution is 2.26. The number of esters is 1. The normalized spacial score (nSPS) is 11.5. The van der Waals surface area contributed by atoms with Crippen LogP contribution in [-0.2, 0) is 4.74 Å². The minimum atomic E-state index is -0.510. The van der Waals surface area contributed by atoms with Crippen LogP contribution in [0.4, 0.5) is 0 Å². The third-order valence-electron chi connectivity index (χ3n) is 3.52. The zero-order valence-corrected chi connectivity index (χ0v) is 13.1. The van der Waals surface area contributed by atoms with Crippen molar-refractivity contribution >= 4 is 5.97 Å². The molecule has 24 heavy (non-hydrogen) atoms. The van der Waals surface area contributed by atoms with Crippen LogP contribution in [0.1, 0.15) is 27.6 Å². The molecule has 1 atom stereocenters. The Bertz CT molecular complexity index is 750. The quantitative estimate of drug-likeness (QED) is 0.674. The van der Waals surface area contributed by atoms with E-state index >= 15 is 0 Å². The van der Waals surface area contributed by atoms with Gasteiger partial charge in [0.2, 0.25) is 5.88 Å². The van der Waals surface area contributed by atoms with Gasteiger partial charge in [-0.05, 0) is 23.8 Å². The summed E-state index contributed by atoms with van der Waals surface area (Å²) in [6.07, 6.45) is 4.28. The molecule has 5 heteroatoms. The lowest BCUT2D eigenvalue weighted by molar-refractivity contribution is 0.0377. The number of rotatable bonds is 5. The summed E-state index contributed by atoms with van der Waals surface area (Å²) in [6.45, 7) is 0. The number of ether oxygens (including phenoxy) is 2. The molecular formula is C19H16N2O3. The SMILES string of the molecule is COc1ccc(C(=O)O[C@@H](c2ccccc2)c2ccncc2)cn1. The maximum atomic E-state index is 12.5. The van der Waals surface area contributed by atoms with Crippen LogP contribution < -0.4 is 4.74 Å². The summed E-state index contributed by atoms with van der Waals surface area (Å²) in [6, 6.07) is 16.5. The molecule has 0 saturated carbocycles. The lowest BCUT2D eigenvalue weighted by Gasteiger charge is -2.18. The molecule has 2 aromatic heterocycles. The van der Waals surface area contributed by atoms with Crippen molar-refractivity contribution in [1.29, 1.82) is 0 Å². The molecule has 0 aliphatic rings. The molecule has 0 N–H and O–H groups in total. The number of nitrogens with zero attached hydrogens (tertiary/aromatic N) is 2. The molecule has 0 bridgehead atoms. The topological polar surface area (TPSA) is 61.3 Å². The Hall–Kier alpha value is -3.21. The molecule has 0 saturated heterocycles. The number of hydrogen-bond donors (Lipinski definition) is 0. The summed E-state index contributed by atoms with van der Waals surface area (Å²) in [7, 11) is 1.52. The van der Waals surface area contributed by atoms with E-state index in [4.69, 9.17) is 9.47 Å². The second-order valence-corrected chi connectivity index (χ2v) is 5.07. The van der Waals surface area contributed by atoms with Crippen molar-refractivity contribution in [1.82, 2.24) is 9.97 Å². The molecular weight excluding hydrogens is 304 g/mol. The molecule has 120 valence electrons. The highest BCUT2D eigenvalue weighted by molar-refractivity contribution is 5.89. The van der Waals surface area contributed by atoms with Crippen molar-refractivity contribution in [3.63, 3.8) is 0 Å². The molecule has 0 amide bonds. The average molecular weight is 320 g/mol. The summed E-state index contributed by atoms with van der Waals surface area (Å²) in [5.41, 5.74) is 2.11. The van der Waals surface area contributed by atoms with Crippen LogP contribution in [0, 0.1) is 0 Å². The Morgan fingerprint density at radius 1 is 0.958 bits per heavy atom. The van der Waals surface area contributed by atoms with Gasteiger partial charge in [0.1, 0.15) is 0 Å². The van der Waals surface area contributed by atoms with Gasteiger partial charge in [0.15, 0.2) is 6.10 Å². The van der Waals surface area contributed by atoms with Crippen molar-refractivity contribution < 1.29 is 14.3 Å². The van der Waals surface area contributed by atoms with Crippen LogP contribution in [0.2, 0.25) is 0 Å². The van der Waals surface area contributed by atoms with Gasteiger partial charge in [-0.1, -0.05) is 30.3 Å². The molecule has 0 spiro atoms. The zero-order chi connectivity index (χ0) is 16.8. The fourth-order valence-corrected chi connectivity index (χ4v) is 2.29. The molecule has 1 aromatic carbocycles. The van der Waals surface area contributed by atoms with Gasteiger partial charge < -0.3 is 9.47 Å². The van der Waals surface area contributed by atoms with E-state index in [0.29, 0.717) is 11.4 Å². The first-order valence-electron chi connectivity index (χ1n) is 7.44. The van der Waals surface area contributed by atoms with Crippen molar-refractivity contribution in [2.75, 3.05) is 7.11 Å². The van der Waals surface area contributed by atoms with E-state index in [0.717, 1.165) is 11.1 Å². The Labute approximate surface area is 139 Å². The zero-order valence-electron chi connectivity index (χ0n) is 13.1. The minimum Gasteiger partial charge on any atom is -0.481 e. The van der Waals surface area contributed by atoms with Crippen LogP contribution in [0.25, 0.3) is 0 Å². The van der Waals surface area contributed by atoms with Gasteiger partial charge in [-0.2, -0.15) is 0 Å². The summed E-state index contributed by atoms with van der Waals surface area (Å²) in [4.78, 5) is 20.5. The van der Waals surface area contributed by atoms with E-state index < -0.39 is 12.1 Å². The standard InChI is InChI=1S/C19H16N2O3/c1-23-17-8-7-16(13-21-17)19(22)24-18(14-5-3-2-4-6-14)15-9-11-20-12-10-15/h2-13,18H,1H3/t18-/m0/s1. The summed E-state index contributed by atoms with van der Waals surface area (Å²) in [5, 5.41) is 0. The van der Waals surface area contributed by atoms with Gasteiger partial charge in [-0.3, -0.25) is 4.98 Å². The second kappa shape index (κ2) is 7.37. The predicted molar refractivity (Wildman–Crippen MR) is 88.7 cm³/mol. The number of pyridine rings is 2. The Balaban J connectivity index is 1.87. The first-order valence-corrected chi connectivity index (χ1v) is 7.44. The molecule has 2 heterocycles. The number of carbonyl (C=O) groups excluding carboxylic acids is 1. The molecule has 0 fully saturated rings. The maximum Gasteiger partial charge on any atom is 0.340 e. The number of aromatic nitrogens is 2. The molecule has 0 radical (unpaired) electrons. The number of carbonyl (C=O) groups is 1. The lowest BCUT2D eigenvalue weighted by atomic mass is 10.0. The molecule has 5 nitrogen and oxygen atoms in total. The Morgan fingerprint density at radius 2 is 1.67 bits per heavy atom. The van der Waals surface area contributed by atoms with Gasteiger partial charge in [0.25, 0.3) is 0 Å². The van der Waals surface area contributed by atoms with Crippen LogP contribution >= 0.6 is 0 Å². The van der Waals surface area contributed by atoms with E-state index in [1.165, 1.54) is 13.3 Å². The Kier molecular flexibility index (Phi) is 4.81. The van der Waals surface area contributed by atoms with Crippen molar-refractivity contribution in [3.05, 3.63) is 89.9 Å². The third-order valence-corrected chi connectivity index (χ3v) is 3.52. The van der Waals surface area contributed by atoms with Crippen LogP contribution in [-0.4, -0.2) is 23.0 Å². The van der Waals surface area contributed by atoms with Gasteiger partial charge in [0.05, 0.1) is 12.7 Å². The number of hydrogen-bond acceptors (Lipinski definition) is 5. The van der Waals surface area contributed by atoms with Crippen molar-refractivity contribution in [3.8, 4) is 5.88 Å². The highest BCUT2D eigenvalue weighted by Gasteiger charge is 2.20. The van der Waals surface area contributed by atoms with Gasteiger partial charge in [0, 0.05) is 30.2 Å². The first kappa shape index (κ1) is 15.7. The van der Waals surface area contributed by atoms with Crippen molar-refractivity contribution in [2.24, 2.45) is 0 Å². The van der Waals surface area contributed by atoms with Crippen molar-refractivity contribution in [2.45, 2.75) is 6.10 Å². The van der Waals surface area contributed by atoms with Crippen LogP contribution in [0.3, 0.4) is 0 Å². The van der Waals surface area contributed by atoms with Gasteiger partial charge >= 0.3 is 5.97 Å². The fourth-order valence-electron chi connectivity index (χ4n) is 2.29. The van der Waals surface area contributed by atoms with E-state index in [1.807, 2.05) is 42.5 Å². The maximum absolute atomic E-state index is 12.5. The summed E-state index contributed by atoms with van der Waals surface area (Å²) >= 11 is 0. The highest BCUT2D eigenvalue weighted by atomic mass is 16.5. The minimum absolute atomic E-state index is 0.366.